The van der Waals surface area contributed by atoms with Crippen LogP contribution in [0.4, 0.5) is 0 Å². The molecule has 0 saturated carbocycles. The molecule has 0 heterocycles. The summed E-state index contributed by atoms with van der Waals surface area (Å²) in [4.78, 5) is 0. The zero-order valence-electron chi connectivity index (χ0n) is 5.46. The van der Waals surface area contributed by atoms with Crippen molar-refractivity contribution < 1.29 is 9.84 Å². The fourth-order valence-electron chi connectivity index (χ4n) is 0.480. The van der Waals surface area contributed by atoms with E-state index in [1.165, 1.54) is 7.11 Å². The SMILES string of the molecule is C/C=C(\OC)C(N)(O)S. The Labute approximate surface area is 59.9 Å². The molecule has 3 N–H and O–H groups in total. The predicted octanol–water partition coefficient (Wildman–Crippen LogP) is 0.0712. The van der Waals surface area contributed by atoms with Gasteiger partial charge >= 0.3 is 0 Å². The molecule has 0 amide bonds. The molecule has 1 unspecified atom stereocenters. The minimum absolute atomic E-state index is 0.242. The summed E-state index contributed by atoms with van der Waals surface area (Å²) in [6, 6.07) is 0. The van der Waals surface area contributed by atoms with Gasteiger partial charge in [-0.2, -0.15) is 0 Å². The topological polar surface area (TPSA) is 55.5 Å². The summed E-state index contributed by atoms with van der Waals surface area (Å²) in [5.74, 6) is 0.242. The fourth-order valence-corrected chi connectivity index (χ4v) is 0.701. The minimum Gasteiger partial charge on any atom is -0.496 e. The number of methoxy groups -OCH3 is 1. The third-order valence-corrected chi connectivity index (χ3v) is 1.07. The normalized spacial score (nSPS) is 19.0. The van der Waals surface area contributed by atoms with Gasteiger partial charge in [0.2, 0.25) is 5.06 Å². The van der Waals surface area contributed by atoms with Gasteiger partial charge in [-0.3, -0.25) is 5.73 Å². The second-order valence-corrected chi connectivity index (χ2v) is 2.26. The molecular weight excluding hydrogens is 138 g/mol. The molecule has 0 radical (unpaired) electrons. The summed E-state index contributed by atoms with van der Waals surface area (Å²) in [5.41, 5.74) is 5.13. The van der Waals surface area contributed by atoms with Gasteiger partial charge in [-0.25, -0.2) is 0 Å². The number of aliphatic hydroxyl groups is 1. The van der Waals surface area contributed by atoms with E-state index in [0.29, 0.717) is 0 Å². The number of ether oxygens (including phenoxy) is 1. The van der Waals surface area contributed by atoms with Crippen molar-refractivity contribution in [1.29, 1.82) is 0 Å². The third kappa shape index (κ3) is 2.74. The van der Waals surface area contributed by atoms with E-state index in [0.717, 1.165) is 0 Å². The van der Waals surface area contributed by atoms with Gasteiger partial charge in [0, 0.05) is 0 Å². The van der Waals surface area contributed by atoms with Crippen LogP contribution in [0.2, 0.25) is 0 Å². The molecule has 0 aromatic heterocycles. The molecule has 0 bridgehead atoms. The van der Waals surface area contributed by atoms with Crippen LogP contribution in [0, 0.1) is 0 Å². The number of allylic oxidation sites excluding steroid dienone is 1. The predicted molar refractivity (Wildman–Crippen MR) is 38.9 cm³/mol. The Hall–Kier alpha value is -0.190. The lowest BCUT2D eigenvalue weighted by Gasteiger charge is -2.17. The Morgan fingerprint density at radius 3 is 2.33 bits per heavy atom. The number of thiol groups is 1. The molecule has 0 spiro atoms. The molecule has 0 aliphatic carbocycles. The smallest absolute Gasteiger partial charge is 0.218 e. The molecule has 0 fully saturated rings. The Kier molecular flexibility index (Phi) is 3.03. The summed E-state index contributed by atoms with van der Waals surface area (Å²) >= 11 is 3.65. The van der Waals surface area contributed by atoms with E-state index >= 15 is 0 Å². The average molecular weight is 149 g/mol. The van der Waals surface area contributed by atoms with Gasteiger partial charge in [0.05, 0.1) is 7.11 Å². The molecule has 0 aliphatic heterocycles. The molecule has 1 atom stereocenters. The Morgan fingerprint density at radius 1 is 1.89 bits per heavy atom. The number of rotatable bonds is 2. The molecular formula is C5H11NO2S. The first-order valence-corrected chi connectivity index (χ1v) is 2.91. The van der Waals surface area contributed by atoms with Crippen LogP contribution < -0.4 is 5.73 Å². The van der Waals surface area contributed by atoms with Gasteiger partial charge in [0.15, 0.2) is 0 Å². The molecule has 9 heavy (non-hydrogen) atoms. The van der Waals surface area contributed by atoms with E-state index in [1.54, 1.807) is 13.0 Å². The van der Waals surface area contributed by atoms with E-state index in [-0.39, 0.29) is 5.76 Å². The van der Waals surface area contributed by atoms with Crippen molar-refractivity contribution in [2.75, 3.05) is 7.11 Å². The number of nitrogens with two attached hydrogens (primary N) is 1. The second kappa shape index (κ2) is 3.10. The van der Waals surface area contributed by atoms with Crippen LogP contribution in [0.25, 0.3) is 0 Å². The molecule has 54 valence electrons. The van der Waals surface area contributed by atoms with E-state index < -0.39 is 5.06 Å². The molecule has 0 aromatic carbocycles. The van der Waals surface area contributed by atoms with Crippen LogP contribution in [0.1, 0.15) is 6.92 Å². The van der Waals surface area contributed by atoms with Crippen molar-refractivity contribution in [2.45, 2.75) is 12.0 Å². The van der Waals surface area contributed by atoms with E-state index in [1.807, 2.05) is 0 Å². The van der Waals surface area contributed by atoms with E-state index in [4.69, 9.17) is 10.8 Å². The third-order valence-electron chi connectivity index (χ3n) is 0.845. The van der Waals surface area contributed by atoms with E-state index in [2.05, 4.69) is 17.4 Å². The summed E-state index contributed by atoms with van der Waals surface area (Å²) in [7, 11) is 1.42. The fraction of sp³-hybridized carbons (Fsp3) is 0.600. The van der Waals surface area contributed by atoms with Crippen molar-refractivity contribution in [1.82, 2.24) is 0 Å². The maximum atomic E-state index is 8.93. The maximum Gasteiger partial charge on any atom is 0.218 e. The molecule has 4 heteroatoms. The highest BCUT2D eigenvalue weighted by Gasteiger charge is 2.20. The van der Waals surface area contributed by atoms with Crippen molar-refractivity contribution in [3.8, 4) is 0 Å². The van der Waals surface area contributed by atoms with Crippen molar-refractivity contribution in [3.63, 3.8) is 0 Å². The highest BCUT2D eigenvalue weighted by Crippen LogP contribution is 2.14. The molecule has 3 nitrogen and oxygen atoms in total. The number of hydrogen-bond donors (Lipinski definition) is 3. The standard InChI is InChI=1S/C5H11NO2S/c1-3-4(8-2)5(6,7)9/h3,7,9H,6H2,1-2H3/b4-3-. The van der Waals surface area contributed by atoms with Gasteiger partial charge in [-0.05, 0) is 13.0 Å². The lowest BCUT2D eigenvalue weighted by molar-refractivity contribution is 0.107. The first-order valence-electron chi connectivity index (χ1n) is 2.46. The summed E-state index contributed by atoms with van der Waals surface area (Å²) in [6.07, 6.45) is 1.55. The Balaban J connectivity index is 4.14. The van der Waals surface area contributed by atoms with Crippen LogP contribution in [-0.2, 0) is 4.74 Å². The zero-order chi connectivity index (χ0) is 7.49. The number of hydrogen-bond acceptors (Lipinski definition) is 4. The van der Waals surface area contributed by atoms with Crippen molar-refractivity contribution in [2.24, 2.45) is 5.73 Å². The van der Waals surface area contributed by atoms with Crippen molar-refractivity contribution in [3.05, 3.63) is 11.8 Å². The average Bonchev–Trinajstić information content (AvgIpc) is 1.65. The van der Waals surface area contributed by atoms with Crippen LogP contribution in [0.15, 0.2) is 11.8 Å². The summed E-state index contributed by atoms with van der Waals surface area (Å²) < 4.78 is 4.67. The van der Waals surface area contributed by atoms with Gasteiger partial charge in [-0.15, -0.1) is 12.6 Å². The molecule has 0 aliphatic rings. The summed E-state index contributed by atoms with van der Waals surface area (Å²) in [6.45, 7) is 1.70. The van der Waals surface area contributed by atoms with Crippen LogP contribution >= 0.6 is 12.6 Å². The monoisotopic (exact) mass is 149 g/mol. The Morgan fingerprint density at radius 2 is 2.33 bits per heavy atom. The first kappa shape index (κ1) is 8.81. The maximum absolute atomic E-state index is 8.93. The molecule has 0 saturated heterocycles. The zero-order valence-corrected chi connectivity index (χ0v) is 6.35. The second-order valence-electron chi connectivity index (χ2n) is 1.58. The van der Waals surface area contributed by atoms with Crippen molar-refractivity contribution >= 4 is 12.6 Å². The molecule has 0 aromatic rings. The molecule has 0 rings (SSSR count). The summed E-state index contributed by atoms with van der Waals surface area (Å²) in [5, 5.41) is 7.28. The van der Waals surface area contributed by atoms with Gasteiger partial charge < -0.3 is 9.84 Å². The lowest BCUT2D eigenvalue weighted by Crippen LogP contribution is -2.35. The minimum atomic E-state index is -1.65. The highest BCUT2D eigenvalue weighted by molar-refractivity contribution is 7.81. The van der Waals surface area contributed by atoms with Gasteiger partial charge in [0.25, 0.3) is 0 Å². The quantitative estimate of drug-likeness (QED) is 0.296. The van der Waals surface area contributed by atoms with Crippen LogP contribution in [-0.4, -0.2) is 17.3 Å². The highest BCUT2D eigenvalue weighted by atomic mass is 32.1. The lowest BCUT2D eigenvalue weighted by atomic mass is 10.4. The van der Waals surface area contributed by atoms with Gasteiger partial charge in [-0.1, -0.05) is 0 Å². The Bertz CT molecular complexity index is 117. The van der Waals surface area contributed by atoms with Crippen LogP contribution in [0.5, 0.6) is 0 Å². The van der Waals surface area contributed by atoms with E-state index in [9.17, 15) is 0 Å². The first-order chi connectivity index (χ1) is 4.02. The largest absolute Gasteiger partial charge is 0.496 e. The van der Waals surface area contributed by atoms with Crippen LogP contribution in [0.3, 0.4) is 0 Å². The van der Waals surface area contributed by atoms with Gasteiger partial charge in [0.1, 0.15) is 5.76 Å².